The molecule has 1 aromatic carbocycles. The Balaban J connectivity index is 2.19. The van der Waals surface area contributed by atoms with Crippen molar-refractivity contribution in [2.45, 2.75) is 11.3 Å². The predicted octanol–water partition coefficient (Wildman–Crippen LogP) is 2.53. The molecule has 1 heterocycles. The minimum atomic E-state index is -3.73. The van der Waals surface area contributed by atoms with E-state index in [0.717, 1.165) is 19.5 Å². The van der Waals surface area contributed by atoms with Gasteiger partial charge < -0.3 is 5.32 Å². The van der Waals surface area contributed by atoms with Gasteiger partial charge in [0.25, 0.3) is 0 Å². The van der Waals surface area contributed by atoms with E-state index in [1.807, 2.05) is 0 Å². The number of nitrogens with one attached hydrogen (secondary N) is 2. The van der Waals surface area contributed by atoms with Gasteiger partial charge in [-0.05, 0) is 37.6 Å². The van der Waals surface area contributed by atoms with Crippen LogP contribution in [0.2, 0.25) is 15.1 Å². The second kappa shape index (κ2) is 6.16. The molecular weight excluding hydrogens is 331 g/mol. The average molecular weight is 344 g/mol. The molecule has 1 atom stereocenters. The number of halogens is 3. The normalized spacial score (nSPS) is 19.8. The van der Waals surface area contributed by atoms with Crippen LogP contribution in [0.4, 0.5) is 0 Å². The van der Waals surface area contributed by atoms with E-state index in [1.54, 1.807) is 0 Å². The van der Waals surface area contributed by atoms with E-state index in [-0.39, 0.29) is 14.9 Å². The Labute approximate surface area is 127 Å². The average Bonchev–Trinajstić information content (AvgIpc) is 2.77. The molecule has 0 aromatic heterocycles. The first-order valence-electron chi connectivity index (χ1n) is 5.75. The molecule has 0 spiro atoms. The Hall–Kier alpha value is -0.0400. The van der Waals surface area contributed by atoms with Crippen LogP contribution in [-0.4, -0.2) is 28.1 Å². The minimum Gasteiger partial charge on any atom is -0.316 e. The third-order valence-corrected chi connectivity index (χ3v) is 5.52. The van der Waals surface area contributed by atoms with Crippen LogP contribution in [-0.2, 0) is 10.0 Å². The molecule has 0 radical (unpaired) electrons. The molecule has 1 aliphatic rings. The lowest BCUT2D eigenvalue weighted by Crippen LogP contribution is -2.30. The van der Waals surface area contributed by atoms with Crippen molar-refractivity contribution in [2.75, 3.05) is 19.6 Å². The fourth-order valence-corrected chi connectivity index (χ4v) is 4.63. The van der Waals surface area contributed by atoms with Gasteiger partial charge in [0, 0.05) is 11.6 Å². The summed E-state index contributed by atoms with van der Waals surface area (Å²) < 4.78 is 26.9. The van der Waals surface area contributed by atoms with Crippen LogP contribution < -0.4 is 10.0 Å². The SMILES string of the molecule is O=S(=O)(NCC1CCNC1)c1c(Cl)cc(Cl)cc1Cl. The van der Waals surface area contributed by atoms with E-state index in [4.69, 9.17) is 34.8 Å². The van der Waals surface area contributed by atoms with Crippen molar-refractivity contribution in [2.24, 2.45) is 5.92 Å². The molecule has 1 aliphatic heterocycles. The van der Waals surface area contributed by atoms with Crippen molar-refractivity contribution < 1.29 is 8.42 Å². The first-order chi connectivity index (χ1) is 8.90. The van der Waals surface area contributed by atoms with Crippen LogP contribution in [0.15, 0.2) is 17.0 Å². The molecule has 0 aliphatic carbocycles. The lowest BCUT2D eigenvalue weighted by atomic mass is 10.1. The van der Waals surface area contributed by atoms with E-state index < -0.39 is 10.0 Å². The fourth-order valence-electron chi connectivity index (χ4n) is 1.97. The monoisotopic (exact) mass is 342 g/mol. The van der Waals surface area contributed by atoms with Gasteiger partial charge in [0.1, 0.15) is 4.90 Å². The summed E-state index contributed by atoms with van der Waals surface area (Å²) in [7, 11) is -3.73. The van der Waals surface area contributed by atoms with Crippen LogP contribution in [0.5, 0.6) is 0 Å². The van der Waals surface area contributed by atoms with E-state index in [2.05, 4.69) is 10.0 Å². The molecule has 4 nitrogen and oxygen atoms in total. The maximum absolute atomic E-state index is 12.2. The molecule has 19 heavy (non-hydrogen) atoms. The molecule has 0 saturated carbocycles. The van der Waals surface area contributed by atoms with E-state index >= 15 is 0 Å². The molecule has 1 unspecified atom stereocenters. The van der Waals surface area contributed by atoms with Gasteiger partial charge >= 0.3 is 0 Å². The van der Waals surface area contributed by atoms with Crippen LogP contribution in [0.1, 0.15) is 6.42 Å². The molecular formula is C11H13Cl3N2O2S. The maximum atomic E-state index is 12.2. The fraction of sp³-hybridized carbons (Fsp3) is 0.455. The Morgan fingerprint density at radius 2 is 1.89 bits per heavy atom. The van der Waals surface area contributed by atoms with E-state index in [1.165, 1.54) is 12.1 Å². The van der Waals surface area contributed by atoms with Gasteiger partial charge in [-0.25, -0.2) is 13.1 Å². The number of benzene rings is 1. The predicted molar refractivity (Wildman–Crippen MR) is 77.6 cm³/mol. The summed E-state index contributed by atoms with van der Waals surface area (Å²) in [4.78, 5) is -0.119. The number of rotatable bonds is 4. The second-order valence-electron chi connectivity index (χ2n) is 4.41. The standard InChI is InChI=1S/C11H13Cl3N2O2S/c12-8-3-9(13)11(10(14)4-8)19(17,18)16-6-7-1-2-15-5-7/h3-4,7,15-16H,1-2,5-6H2. The highest BCUT2D eigenvalue weighted by atomic mass is 35.5. The third kappa shape index (κ3) is 3.74. The van der Waals surface area contributed by atoms with Crippen LogP contribution in [0.3, 0.4) is 0 Å². The number of sulfonamides is 1. The summed E-state index contributed by atoms with van der Waals surface area (Å²) in [6.45, 7) is 2.09. The summed E-state index contributed by atoms with van der Waals surface area (Å²) in [5.41, 5.74) is 0. The quantitative estimate of drug-likeness (QED) is 0.883. The minimum absolute atomic E-state index is 0.0227. The van der Waals surface area contributed by atoms with Crippen molar-refractivity contribution in [3.8, 4) is 0 Å². The highest BCUT2D eigenvalue weighted by Gasteiger charge is 2.24. The Bertz CT molecular complexity index is 548. The lowest BCUT2D eigenvalue weighted by Gasteiger charge is -2.13. The molecule has 0 bridgehead atoms. The lowest BCUT2D eigenvalue weighted by molar-refractivity contribution is 0.539. The molecule has 0 amide bonds. The van der Waals surface area contributed by atoms with E-state index in [0.29, 0.717) is 17.5 Å². The topological polar surface area (TPSA) is 58.2 Å². The highest BCUT2D eigenvalue weighted by Crippen LogP contribution is 2.32. The smallest absolute Gasteiger partial charge is 0.243 e. The summed E-state index contributed by atoms with van der Waals surface area (Å²) in [6.07, 6.45) is 0.949. The van der Waals surface area contributed by atoms with Crippen molar-refractivity contribution in [3.63, 3.8) is 0 Å². The highest BCUT2D eigenvalue weighted by molar-refractivity contribution is 7.89. The first kappa shape index (κ1) is 15.4. The zero-order chi connectivity index (χ0) is 14.0. The van der Waals surface area contributed by atoms with Gasteiger partial charge in [0.2, 0.25) is 10.0 Å². The summed E-state index contributed by atoms with van der Waals surface area (Å²) in [5, 5.41) is 3.52. The van der Waals surface area contributed by atoms with Crippen molar-refractivity contribution in [1.29, 1.82) is 0 Å². The van der Waals surface area contributed by atoms with Gasteiger partial charge in [-0.1, -0.05) is 34.8 Å². The molecule has 106 valence electrons. The van der Waals surface area contributed by atoms with Crippen molar-refractivity contribution >= 4 is 44.8 Å². The zero-order valence-electron chi connectivity index (χ0n) is 9.92. The van der Waals surface area contributed by atoms with Crippen molar-refractivity contribution in [1.82, 2.24) is 10.0 Å². The first-order valence-corrected chi connectivity index (χ1v) is 8.37. The molecule has 2 N–H and O–H groups in total. The van der Waals surface area contributed by atoms with Gasteiger partial charge in [-0.15, -0.1) is 0 Å². The molecule has 8 heteroatoms. The van der Waals surface area contributed by atoms with Crippen LogP contribution in [0.25, 0.3) is 0 Å². The zero-order valence-corrected chi connectivity index (χ0v) is 13.0. The van der Waals surface area contributed by atoms with Gasteiger partial charge in [-0.3, -0.25) is 0 Å². The summed E-state index contributed by atoms with van der Waals surface area (Å²) in [6, 6.07) is 2.72. The van der Waals surface area contributed by atoms with E-state index in [9.17, 15) is 8.42 Å². The molecule has 1 saturated heterocycles. The molecule has 1 aromatic rings. The Morgan fingerprint density at radius 1 is 1.26 bits per heavy atom. The van der Waals surface area contributed by atoms with Crippen LogP contribution in [0, 0.1) is 5.92 Å². The Kier molecular flexibility index (Phi) is 4.98. The largest absolute Gasteiger partial charge is 0.316 e. The number of hydrogen-bond donors (Lipinski definition) is 2. The Morgan fingerprint density at radius 3 is 2.42 bits per heavy atom. The van der Waals surface area contributed by atoms with Crippen molar-refractivity contribution in [3.05, 3.63) is 27.2 Å². The maximum Gasteiger partial charge on any atom is 0.243 e. The second-order valence-corrected chi connectivity index (χ2v) is 7.36. The molecule has 1 fully saturated rings. The van der Waals surface area contributed by atoms with Gasteiger partial charge in [0.15, 0.2) is 0 Å². The molecule has 2 rings (SSSR count). The third-order valence-electron chi connectivity index (χ3n) is 2.96. The number of hydrogen-bond acceptors (Lipinski definition) is 3. The summed E-state index contributed by atoms with van der Waals surface area (Å²) in [5.74, 6) is 0.291. The summed E-state index contributed by atoms with van der Waals surface area (Å²) >= 11 is 17.6. The van der Waals surface area contributed by atoms with Gasteiger partial charge in [-0.2, -0.15) is 0 Å². The van der Waals surface area contributed by atoms with Gasteiger partial charge in [0.05, 0.1) is 10.0 Å². The van der Waals surface area contributed by atoms with Crippen LogP contribution >= 0.6 is 34.8 Å².